The van der Waals surface area contributed by atoms with Crippen LogP contribution in [0.3, 0.4) is 0 Å². The lowest BCUT2D eigenvalue weighted by molar-refractivity contribution is 0.761. The molecule has 102 valence electrons. The highest BCUT2D eigenvalue weighted by Gasteiger charge is 2.14. The fourth-order valence-electron chi connectivity index (χ4n) is 2.14. The van der Waals surface area contributed by atoms with E-state index in [0.717, 1.165) is 35.3 Å². The van der Waals surface area contributed by atoms with E-state index in [0.29, 0.717) is 11.6 Å². The normalized spacial score (nSPS) is 11.1. The van der Waals surface area contributed by atoms with E-state index in [2.05, 4.69) is 27.2 Å². The molecular formula is C14H16N6. The number of benzene rings is 1. The van der Waals surface area contributed by atoms with E-state index < -0.39 is 0 Å². The van der Waals surface area contributed by atoms with Crippen LogP contribution in [0.5, 0.6) is 0 Å². The van der Waals surface area contributed by atoms with E-state index in [9.17, 15) is 0 Å². The third-order valence-corrected chi connectivity index (χ3v) is 3.23. The maximum absolute atomic E-state index is 5.99. The summed E-state index contributed by atoms with van der Waals surface area (Å²) < 4.78 is 1.72. The Morgan fingerprint density at radius 1 is 1.20 bits per heavy atom. The summed E-state index contributed by atoms with van der Waals surface area (Å²) in [6.07, 6.45) is 1.77. The van der Waals surface area contributed by atoms with E-state index in [1.807, 2.05) is 31.2 Å². The first-order valence-electron chi connectivity index (χ1n) is 6.64. The van der Waals surface area contributed by atoms with Crippen LogP contribution in [0.1, 0.15) is 24.7 Å². The van der Waals surface area contributed by atoms with Crippen molar-refractivity contribution in [2.75, 3.05) is 5.73 Å². The Morgan fingerprint density at radius 3 is 2.80 bits per heavy atom. The molecule has 2 aromatic heterocycles. The fraction of sp³-hybridized carbons (Fsp3) is 0.286. The number of aryl methyl sites for hydroxylation is 1. The molecule has 0 amide bonds. The maximum Gasteiger partial charge on any atom is 0.164 e. The highest BCUT2D eigenvalue weighted by Crippen LogP contribution is 2.20. The Bertz CT molecular complexity index is 761. The number of hydrogen-bond acceptors (Lipinski definition) is 5. The highest BCUT2D eigenvalue weighted by molar-refractivity contribution is 5.76. The van der Waals surface area contributed by atoms with Crippen molar-refractivity contribution < 1.29 is 0 Å². The summed E-state index contributed by atoms with van der Waals surface area (Å²) in [5, 5.41) is 8.34. The second kappa shape index (κ2) is 4.88. The molecule has 0 fully saturated rings. The van der Waals surface area contributed by atoms with Gasteiger partial charge in [0, 0.05) is 12.0 Å². The van der Waals surface area contributed by atoms with Gasteiger partial charge in [0.25, 0.3) is 0 Å². The molecular weight excluding hydrogens is 252 g/mol. The highest BCUT2D eigenvalue weighted by atomic mass is 15.4. The van der Waals surface area contributed by atoms with E-state index in [1.54, 1.807) is 4.68 Å². The second-order valence-electron chi connectivity index (χ2n) is 4.71. The average Bonchev–Trinajstić information content (AvgIpc) is 2.87. The molecule has 0 spiro atoms. The molecule has 0 aliphatic heterocycles. The number of nitrogens with zero attached hydrogens (tertiary/aromatic N) is 5. The minimum absolute atomic E-state index is 0.498. The van der Waals surface area contributed by atoms with Gasteiger partial charge >= 0.3 is 0 Å². The first-order chi connectivity index (χ1) is 9.70. The number of aromatic nitrogens is 5. The van der Waals surface area contributed by atoms with Gasteiger partial charge in [-0.25, -0.2) is 9.97 Å². The zero-order valence-corrected chi connectivity index (χ0v) is 11.5. The van der Waals surface area contributed by atoms with Crippen LogP contribution in [0.25, 0.3) is 16.9 Å². The molecule has 0 saturated carbocycles. The number of nitrogen functional groups attached to an aromatic ring is 1. The van der Waals surface area contributed by atoms with Gasteiger partial charge in [0.15, 0.2) is 5.82 Å². The largest absolute Gasteiger partial charge is 0.383 e. The molecule has 3 rings (SSSR count). The molecule has 0 aliphatic carbocycles. The number of anilines is 1. The van der Waals surface area contributed by atoms with Gasteiger partial charge in [-0.05, 0) is 25.5 Å². The van der Waals surface area contributed by atoms with Crippen LogP contribution in [0.15, 0.2) is 24.3 Å². The van der Waals surface area contributed by atoms with Crippen LogP contribution in [0, 0.1) is 6.92 Å². The zero-order chi connectivity index (χ0) is 14.1. The molecule has 0 atom stereocenters. The Kier molecular flexibility index (Phi) is 3.06. The van der Waals surface area contributed by atoms with Crippen LogP contribution < -0.4 is 5.73 Å². The van der Waals surface area contributed by atoms with Gasteiger partial charge in [-0.1, -0.05) is 24.3 Å². The van der Waals surface area contributed by atoms with E-state index in [4.69, 9.17) is 5.73 Å². The van der Waals surface area contributed by atoms with Gasteiger partial charge in [0.2, 0.25) is 0 Å². The van der Waals surface area contributed by atoms with Crippen LogP contribution in [0.2, 0.25) is 0 Å². The smallest absolute Gasteiger partial charge is 0.164 e. The van der Waals surface area contributed by atoms with Gasteiger partial charge in [0.05, 0.1) is 5.52 Å². The third kappa shape index (κ3) is 1.99. The van der Waals surface area contributed by atoms with Gasteiger partial charge in [-0.2, -0.15) is 4.68 Å². The Hall–Kier alpha value is -2.50. The summed E-state index contributed by atoms with van der Waals surface area (Å²) in [5.74, 6) is 1.94. The predicted octanol–water partition coefficient (Wildman–Crippen LogP) is 2.05. The lowest BCUT2D eigenvalue weighted by Crippen LogP contribution is -2.10. The van der Waals surface area contributed by atoms with Crippen molar-refractivity contribution in [3.63, 3.8) is 0 Å². The van der Waals surface area contributed by atoms with Gasteiger partial charge < -0.3 is 5.73 Å². The summed E-state index contributed by atoms with van der Waals surface area (Å²) >= 11 is 0. The Balaban J connectivity index is 2.23. The van der Waals surface area contributed by atoms with Crippen molar-refractivity contribution in [2.45, 2.75) is 26.7 Å². The fourth-order valence-corrected chi connectivity index (χ4v) is 2.14. The topological polar surface area (TPSA) is 82.5 Å². The summed E-state index contributed by atoms with van der Waals surface area (Å²) in [5.41, 5.74) is 8.56. The van der Waals surface area contributed by atoms with Gasteiger partial charge in [-0.3, -0.25) is 0 Å². The Morgan fingerprint density at radius 2 is 2.00 bits per heavy atom. The molecule has 0 radical (unpaired) electrons. The van der Waals surface area contributed by atoms with Crippen molar-refractivity contribution in [2.24, 2.45) is 0 Å². The molecule has 6 heteroatoms. The molecule has 0 saturated heterocycles. The van der Waals surface area contributed by atoms with Gasteiger partial charge in [0.1, 0.15) is 17.2 Å². The van der Waals surface area contributed by atoms with E-state index in [-0.39, 0.29) is 0 Å². The molecule has 20 heavy (non-hydrogen) atoms. The van der Waals surface area contributed by atoms with Gasteiger partial charge in [-0.15, -0.1) is 5.10 Å². The van der Waals surface area contributed by atoms with Crippen molar-refractivity contribution in [1.29, 1.82) is 0 Å². The van der Waals surface area contributed by atoms with Crippen LogP contribution in [0.4, 0.5) is 5.82 Å². The third-order valence-electron chi connectivity index (χ3n) is 3.23. The Labute approximate surface area is 116 Å². The van der Waals surface area contributed by atoms with Crippen LogP contribution in [-0.2, 0) is 6.42 Å². The van der Waals surface area contributed by atoms with Crippen LogP contribution in [-0.4, -0.2) is 25.0 Å². The second-order valence-corrected chi connectivity index (χ2v) is 4.71. The first-order valence-corrected chi connectivity index (χ1v) is 6.64. The average molecular weight is 268 g/mol. The molecule has 0 aliphatic rings. The van der Waals surface area contributed by atoms with Crippen LogP contribution >= 0.6 is 0 Å². The standard InChI is InChI=1S/C14H16N6/c1-3-6-12-16-13(15)9(2)14(17-12)20-11-8-5-4-7-10(11)18-19-20/h4-5,7-8H,3,6H2,1-2H3,(H2,15,16,17). The van der Waals surface area contributed by atoms with E-state index in [1.165, 1.54) is 0 Å². The molecule has 0 bridgehead atoms. The van der Waals surface area contributed by atoms with E-state index >= 15 is 0 Å². The number of rotatable bonds is 3. The monoisotopic (exact) mass is 268 g/mol. The number of fused-ring (bicyclic) bond motifs is 1. The summed E-state index contributed by atoms with van der Waals surface area (Å²) in [6.45, 7) is 3.99. The van der Waals surface area contributed by atoms with Crippen molar-refractivity contribution in [3.8, 4) is 5.82 Å². The SMILES string of the molecule is CCCc1nc(N)c(C)c(-n2nnc3ccccc32)n1. The number of nitrogens with two attached hydrogens (primary N) is 1. The minimum atomic E-state index is 0.498. The summed E-state index contributed by atoms with van der Waals surface area (Å²) in [4.78, 5) is 8.90. The molecule has 0 unspecified atom stereocenters. The molecule has 6 nitrogen and oxygen atoms in total. The maximum atomic E-state index is 5.99. The lowest BCUT2D eigenvalue weighted by Gasteiger charge is -2.09. The lowest BCUT2D eigenvalue weighted by atomic mass is 10.2. The first kappa shape index (κ1) is 12.5. The molecule has 2 N–H and O–H groups in total. The summed E-state index contributed by atoms with van der Waals surface area (Å²) in [6, 6.07) is 7.78. The molecule has 1 aromatic carbocycles. The zero-order valence-electron chi connectivity index (χ0n) is 11.5. The number of hydrogen-bond donors (Lipinski definition) is 1. The van der Waals surface area contributed by atoms with Crippen molar-refractivity contribution in [1.82, 2.24) is 25.0 Å². The van der Waals surface area contributed by atoms with Crippen molar-refractivity contribution >= 4 is 16.9 Å². The summed E-state index contributed by atoms with van der Waals surface area (Å²) in [7, 11) is 0. The predicted molar refractivity (Wildman–Crippen MR) is 77.6 cm³/mol. The molecule has 3 aromatic rings. The number of para-hydroxylation sites is 1. The van der Waals surface area contributed by atoms with Crippen molar-refractivity contribution in [3.05, 3.63) is 35.7 Å². The quantitative estimate of drug-likeness (QED) is 0.786. The minimum Gasteiger partial charge on any atom is -0.383 e. The molecule has 2 heterocycles.